The zero-order valence-corrected chi connectivity index (χ0v) is 11.3. The molecule has 0 aliphatic rings. The van der Waals surface area contributed by atoms with Crippen molar-refractivity contribution in [3.8, 4) is 11.6 Å². The van der Waals surface area contributed by atoms with Gasteiger partial charge in [-0.05, 0) is 6.07 Å². The predicted octanol–water partition coefficient (Wildman–Crippen LogP) is 2.98. The molecule has 0 saturated heterocycles. The van der Waals surface area contributed by atoms with Crippen LogP contribution in [0.25, 0.3) is 0 Å². The van der Waals surface area contributed by atoms with Gasteiger partial charge in [-0.25, -0.2) is 4.98 Å². The number of nitrogens with zero attached hydrogens (tertiary/aromatic N) is 3. The van der Waals surface area contributed by atoms with E-state index in [1.54, 1.807) is 0 Å². The highest BCUT2D eigenvalue weighted by atomic mass is 35.5. The monoisotopic (exact) mass is 294 g/mol. The zero-order chi connectivity index (χ0) is 14.7. The van der Waals surface area contributed by atoms with Crippen molar-refractivity contribution >= 4 is 23.1 Å². The maximum atomic E-state index is 10.6. The van der Waals surface area contributed by atoms with Crippen LogP contribution in [0.1, 0.15) is 12.7 Å². The number of nitro groups is 1. The van der Waals surface area contributed by atoms with Crippen molar-refractivity contribution in [2.45, 2.75) is 13.3 Å². The van der Waals surface area contributed by atoms with Crippen LogP contribution in [0, 0.1) is 10.1 Å². The highest BCUT2D eigenvalue weighted by Gasteiger charge is 2.12. The molecule has 0 spiro atoms. The molecule has 0 amide bonds. The minimum atomic E-state index is -0.534. The highest BCUT2D eigenvalue weighted by molar-refractivity contribution is 6.32. The third-order valence-electron chi connectivity index (χ3n) is 2.43. The van der Waals surface area contributed by atoms with Crippen LogP contribution in [0.15, 0.2) is 24.3 Å². The van der Waals surface area contributed by atoms with Crippen LogP contribution >= 0.6 is 11.6 Å². The number of benzene rings is 1. The lowest BCUT2D eigenvalue weighted by Gasteiger charge is -2.08. The van der Waals surface area contributed by atoms with Gasteiger partial charge in [-0.15, -0.1) is 0 Å². The number of anilines is 1. The lowest BCUT2D eigenvalue weighted by Crippen LogP contribution is -2.00. The SMILES string of the molecule is CCc1nc(N)cc(Oc2ccc([N+](=O)[O-])cc2Cl)n1. The van der Waals surface area contributed by atoms with E-state index in [1.165, 1.54) is 24.3 Å². The van der Waals surface area contributed by atoms with Crippen molar-refractivity contribution in [2.24, 2.45) is 0 Å². The van der Waals surface area contributed by atoms with Crippen molar-refractivity contribution in [2.75, 3.05) is 5.73 Å². The predicted molar refractivity (Wildman–Crippen MR) is 74.0 cm³/mol. The Morgan fingerprint density at radius 2 is 2.15 bits per heavy atom. The summed E-state index contributed by atoms with van der Waals surface area (Å²) in [6, 6.07) is 5.37. The largest absolute Gasteiger partial charge is 0.437 e. The molecule has 1 aromatic carbocycles. The van der Waals surface area contributed by atoms with Crippen LogP contribution in [0.4, 0.5) is 11.5 Å². The molecule has 2 N–H and O–H groups in total. The molecule has 0 radical (unpaired) electrons. The fraction of sp³-hybridized carbons (Fsp3) is 0.167. The van der Waals surface area contributed by atoms with Gasteiger partial charge in [0.25, 0.3) is 5.69 Å². The number of hydrogen-bond donors (Lipinski definition) is 1. The topological polar surface area (TPSA) is 104 Å². The second kappa shape index (κ2) is 5.70. The van der Waals surface area contributed by atoms with Gasteiger partial charge in [-0.2, -0.15) is 4.98 Å². The Morgan fingerprint density at radius 3 is 2.75 bits per heavy atom. The van der Waals surface area contributed by atoms with Gasteiger partial charge < -0.3 is 10.5 Å². The molecule has 8 heteroatoms. The van der Waals surface area contributed by atoms with Crippen molar-refractivity contribution < 1.29 is 9.66 Å². The molecule has 104 valence electrons. The Morgan fingerprint density at radius 1 is 1.40 bits per heavy atom. The summed E-state index contributed by atoms with van der Waals surface area (Å²) in [6.45, 7) is 1.89. The van der Waals surface area contributed by atoms with Gasteiger partial charge in [0.1, 0.15) is 17.4 Å². The molecule has 0 atom stereocenters. The van der Waals surface area contributed by atoms with Gasteiger partial charge >= 0.3 is 0 Å². The Labute approximate surface area is 119 Å². The molecular formula is C12H11ClN4O3. The fourth-order valence-electron chi connectivity index (χ4n) is 1.50. The van der Waals surface area contributed by atoms with Gasteiger partial charge in [0, 0.05) is 24.6 Å². The van der Waals surface area contributed by atoms with Crippen molar-refractivity contribution in [1.82, 2.24) is 9.97 Å². The van der Waals surface area contributed by atoms with E-state index in [-0.39, 0.29) is 28.2 Å². The summed E-state index contributed by atoms with van der Waals surface area (Å²) in [4.78, 5) is 18.2. The lowest BCUT2D eigenvalue weighted by atomic mass is 10.3. The van der Waals surface area contributed by atoms with E-state index in [4.69, 9.17) is 22.1 Å². The van der Waals surface area contributed by atoms with Crippen LogP contribution in [0.2, 0.25) is 5.02 Å². The summed E-state index contributed by atoms with van der Waals surface area (Å²) in [5.74, 6) is 1.32. The molecule has 0 unspecified atom stereocenters. The molecule has 1 heterocycles. The first kappa shape index (κ1) is 14.0. The number of ether oxygens (including phenoxy) is 1. The first-order valence-electron chi connectivity index (χ1n) is 5.75. The maximum Gasteiger partial charge on any atom is 0.271 e. The van der Waals surface area contributed by atoms with Gasteiger partial charge in [0.2, 0.25) is 5.88 Å². The molecule has 1 aromatic heterocycles. The highest BCUT2D eigenvalue weighted by Crippen LogP contribution is 2.32. The number of aromatic nitrogens is 2. The van der Waals surface area contributed by atoms with Gasteiger partial charge in [-0.3, -0.25) is 10.1 Å². The molecular weight excluding hydrogens is 284 g/mol. The lowest BCUT2D eigenvalue weighted by molar-refractivity contribution is -0.384. The Bertz CT molecular complexity index is 663. The average Bonchev–Trinajstić information content (AvgIpc) is 2.40. The van der Waals surface area contributed by atoms with E-state index >= 15 is 0 Å². The Balaban J connectivity index is 2.30. The zero-order valence-electron chi connectivity index (χ0n) is 10.5. The van der Waals surface area contributed by atoms with E-state index in [0.717, 1.165) is 0 Å². The standard InChI is InChI=1S/C12H11ClN4O3/c1-2-11-15-10(14)6-12(16-11)20-9-4-3-7(17(18)19)5-8(9)13/h3-6H,2H2,1H3,(H2,14,15,16). The molecule has 2 aromatic rings. The van der Waals surface area contributed by atoms with Crippen molar-refractivity contribution in [1.29, 1.82) is 0 Å². The Hall–Kier alpha value is -2.41. The molecule has 0 bridgehead atoms. The third-order valence-corrected chi connectivity index (χ3v) is 2.72. The smallest absolute Gasteiger partial charge is 0.271 e. The minimum Gasteiger partial charge on any atom is -0.437 e. The van der Waals surface area contributed by atoms with E-state index in [0.29, 0.717) is 12.2 Å². The van der Waals surface area contributed by atoms with Gasteiger partial charge in [0.05, 0.1) is 9.95 Å². The van der Waals surface area contributed by atoms with Gasteiger partial charge in [0.15, 0.2) is 0 Å². The Kier molecular flexibility index (Phi) is 3.99. The number of hydrogen-bond acceptors (Lipinski definition) is 6. The van der Waals surface area contributed by atoms with E-state index in [9.17, 15) is 10.1 Å². The summed E-state index contributed by atoms with van der Waals surface area (Å²) < 4.78 is 5.48. The molecule has 20 heavy (non-hydrogen) atoms. The van der Waals surface area contributed by atoms with Crippen LogP contribution < -0.4 is 10.5 Å². The summed E-state index contributed by atoms with van der Waals surface area (Å²) >= 11 is 5.93. The van der Waals surface area contributed by atoms with E-state index < -0.39 is 4.92 Å². The first-order valence-corrected chi connectivity index (χ1v) is 6.12. The maximum absolute atomic E-state index is 10.6. The molecule has 0 saturated carbocycles. The quantitative estimate of drug-likeness (QED) is 0.686. The average molecular weight is 295 g/mol. The van der Waals surface area contributed by atoms with Gasteiger partial charge in [-0.1, -0.05) is 18.5 Å². The third kappa shape index (κ3) is 3.12. The van der Waals surface area contributed by atoms with Crippen molar-refractivity contribution in [3.05, 3.63) is 45.2 Å². The summed E-state index contributed by atoms with van der Waals surface area (Å²) in [5, 5.41) is 10.7. The molecule has 2 rings (SSSR count). The molecule has 0 fully saturated rings. The number of nitrogens with two attached hydrogens (primary N) is 1. The van der Waals surface area contributed by atoms with E-state index in [2.05, 4.69) is 9.97 Å². The number of aryl methyl sites for hydroxylation is 1. The second-order valence-corrected chi connectivity index (χ2v) is 4.28. The minimum absolute atomic E-state index is 0.112. The first-order chi connectivity index (χ1) is 9.49. The number of nitro benzene ring substituents is 1. The number of rotatable bonds is 4. The molecule has 0 aliphatic heterocycles. The number of non-ortho nitro benzene ring substituents is 1. The van der Waals surface area contributed by atoms with Crippen molar-refractivity contribution in [3.63, 3.8) is 0 Å². The normalized spacial score (nSPS) is 10.3. The summed E-state index contributed by atoms with van der Waals surface area (Å²) in [5.41, 5.74) is 5.52. The van der Waals surface area contributed by atoms with Crippen LogP contribution in [0.5, 0.6) is 11.6 Å². The van der Waals surface area contributed by atoms with E-state index in [1.807, 2.05) is 6.92 Å². The molecule has 0 aliphatic carbocycles. The summed E-state index contributed by atoms with van der Waals surface area (Å²) in [6.07, 6.45) is 0.607. The fourth-order valence-corrected chi connectivity index (χ4v) is 1.71. The van der Waals surface area contributed by atoms with Crippen LogP contribution in [-0.2, 0) is 6.42 Å². The number of nitrogen functional groups attached to an aromatic ring is 1. The number of halogens is 1. The second-order valence-electron chi connectivity index (χ2n) is 3.87. The molecule has 7 nitrogen and oxygen atoms in total. The van der Waals surface area contributed by atoms with Crippen LogP contribution in [0.3, 0.4) is 0 Å². The summed E-state index contributed by atoms with van der Waals surface area (Å²) in [7, 11) is 0. The van der Waals surface area contributed by atoms with Crippen LogP contribution in [-0.4, -0.2) is 14.9 Å².